The number of carbonyl (C=O) groups is 2. The van der Waals surface area contributed by atoms with Crippen LogP contribution in [0.1, 0.15) is 13.8 Å². The van der Waals surface area contributed by atoms with Crippen molar-refractivity contribution in [2.45, 2.75) is 20.0 Å². The SMILES string of the molecule is C=C(C)C(=O)OCC1CO1.C=C(C)C(=O)OCCOCCO. The average Bonchev–Trinajstić information content (AvgIpc) is 3.29. The Morgan fingerprint density at radius 2 is 1.64 bits per heavy atom. The van der Waals surface area contributed by atoms with Crippen molar-refractivity contribution in [3.8, 4) is 0 Å². The van der Waals surface area contributed by atoms with Gasteiger partial charge in [0.05, 0.1) is 26.4 Å². The van der Waals surface area contributed by atoms with Crippen molar-refractivity contribution in [3.05, 3.63) is 24.3 Å². The molecule has 0 aromatic carbocycles. The molecule has 0 spiro atoms. The summed E-state index contributed by atoms with van der Waals surface area (Å²) in [5.74, 6) is -0.752. The summed E-state index contributed by atoms with van der Waals surface area (Å²) in [5, 5.41) is 8.32. The maximum atomic E-state index is 10.7. The first-order chi connectivity index (χ1) is 10.4. The molecule has 0 bridgehead atoms. The van der Waals surface area contributed by atoms with Crippen LogP contribution in [0, 0.1) is 0 Å². The molecule has 0 aromatic rings. The predicted molar refractivity (Wildman–Crippen MR) is 79.2 cm³/mol. The van der Waals surface area contributed by atoms with Crippen LogP contribution in [0.2, 0.25) is 0 Å². The molecule has 22 heavy (non-hydrogen) atoms. The number of hydrogen-bond acceptors (Lipinski definition) is 7. The molecule has 1 atom stereocenters. The minimum Gasteiger partial charge on any atom is -0.460 e. The molecule has 7 heteroatoms. The smallest absolute Gasteiger partial charge is 0.333 e. The molecule has 0 aromatic heterocycles. The Morgan fingerprint density at radius 3 is 2.09 bits per heavy atom. The predicted octanol–water partition coefficient (Wildman–Crippen LogP) is 0.619. The van der Waals surface area contributed by atoms with E-state index in [4.69, 9.17) is 24.1 Å². The molecule has 0 radical (unpaired) electrons. The minimum atomic E-state index is -0.414. The van der Waals surface area contributed by atoms with Gasteiger partial charge in [-0.05, 0) is 13.8 Å². The summed E-state index contributed by atoms with van der Waals surface area (Å²) in [5.41, 5.74) is 0.804. The van der Waals surface area contributed by atoms with E-state index in [0.29, 0.717) is 31.0 Å². The number of rotatable bonds is 9. The maximum absolute atomic E-state index is 10.7. The first-order valence-corrected chi connectivity index (χ1v) is 6.84. The zero-order valence-corrected chi connectivity index (χ0v) is 13.1. The molecule has 1 aliphatic rings. The summed E-state index contributed by atoms with van der Waals surface area (Å²) in [7, 11) is 0. The molecule has 1 fully saturated rings. The van der Waals surface area contributed by atoms with Gasteiger partial charge in [0.15, 0.2) is 0 Å². The van der Waals surface area contributed by atoms with Gasteiger partial charge in [0.1, 0.15) is 19.3 Å². The van der Waals surface area contributed by atoms with E-state index in [0.717, 1.165) is 0 Å². The van der Waals surface area contributed by atoms with E-state index in [1.54, 1.807) is 13.8 Å². The Kier molecular flexibility index (Phi) is 11.0. The fourth-order valence-corrected chi connectivity index (χ4v) is 0.939. The van der Waals surface area contributed by atoms with Gasteiger partial charge in [-0.1, -0.05) is 13.2 Å². The summed E-state index contributed by atoms with van der Waals surface area (Å²) >= 11 is 0. The van der Waals surface area contributed by atoms with E-state index in [2.05, 4.69) is 13.2 Å². The number of ether oxygens (including phenoxy) is 4. The van der Waals surface area contributed by atoms with Gasteiger partial charge in [0.25, 0.3) is 0 Å². The van der Waals surface area contributed by atoms with Crippen molar-refractivity contribution in [2.75, 3.05) is 39.6 Å². The molecule has 1 saturated heterocycles. The Hall–Kier alpha value is -1.70. The second kappa shape index (κ2) is 11.9. The molecule has 1 rings (SSSR count). The Labute approximate surface area is 130 Å². The highest BCUT2D eigenvalue weighted by Crippen LogP contribution is 2.09. The molecule has 1 unspecified atom stereocenters. The Bertz CT molecular complexity index is 385. The van der Waals surface area contributed by atoms with E-state index < -0.39 is 5.97 Å². The summed E-state index contributed by atoms with van der Waals surface area (Å²) in [4.78, 5) is 21.4. The Balaban J connectivity index is 0.000000406. The zero-order valence-electron chi connectivity index (χ0n) is 13.1. The van der Waals surface area contributed by atoms with E-state index in [-0.39, 0.29) is 31.9 Å². The fraction of sp³-hybridized carbons (Fsp3) is 0.600. The van der Waals surface area contributed by atoms with E-state index in [1.165, 1.54) is 0 Å². The van der Waals surface area contributed by atoms with Gasteiger partial charge in [-0.2, -0.15) is 0 Å². The largest absolute Gasteiger partial charge is 0.460 e. The first-order valence-electron chi connectivity index (χ1n) is 6.84. The molecule has 0 amide bonds. The number of carbonyl (C=O) groups excluding carboxylic acids is 2. The van der Waals surface area contributed by atoms with Crippen LogP contribution in [-0.2, 0) is 28.5 Å². The summed E-state index contributed by atoms with van der Waals surface area (Å²) < 4.78 is 19.2. The van der Waals surface area contributed by atoms with Gasteiger partial charge < -0.3 is 24.1 Å². The molecule has 0 saturated carbocycles. The second-order valence-corrected chi connectivity index (χ2v) is 4.59. The van der Waals surface area contributed by atoms with Crippen molar-refractivity contribution in [2.24, 2.45) is 0 Å². The van der Waals surface area contributed by atoms with Gasteiger partial charge in [0.2, 0.25) is 0 Å². The van der Waals surface area contributed by atoms with E-state index in [9.17, 15) is 9.59 Å². The lowest BCUT2D eigenvalue weighted by Gasteiger charge is -2.03. The van der Waals surface area contributed by atoms with Crippen LogP contribution in [0.3, 0.4) is 0 Å². The number of epoxide rings is 1. The molecule has 0 aliphatic carbocycles. The third-order valence-electron chi connectivity index (χ3n) is 2.20. The monoisotopic (exact) mass is 316 g/mol. The van der Waals surface area contributed by atoms with Crippen LogP contribution in [0.25, 0.3) is 0 Å². The highest BCUT2D eigenvalue weighted by Gasteiger charge is 2.24. The first kappa shape index (κ1) is 20.3. The lowest BCUT2D eigenvalue weighted by Crippen LogP contribution is -2.12. The summed E-state index contributed by atoms with van der Waals surface area (Å²) in [6, 6.07) is 0. The summed E-state index contributed by atoms with van der Waals surface area (Å²) in [6.45, 7) is 11.9. The van der Waals surface area contributed by atoms with E-state index >= 15 is 0 Å². The van der Waals surface area contributed by atoms with Crippen molar-refractivity contribution in [3.63, 3.8) is 0 Å². The summed E-state index contributed by atoms with van der Waals surface area (Å²) in [6.07, 6.45) is 0.142. The van der Waals surface area contributed by atoms with Gasteiger partial charge >= 0.3 is 11.9 Å². The van der Waals surface area contributed by atoms with Crippen LogP contribution in [0.4, 0.5) is 0 Å². The van der Waals surface area contributed by atoms with Gasteiger partial charge in [-0.15, -0.1) is 0 Å². The number of esters is 2. The van der Waals surface area contributed by atoms with Crippen molar-refractivity contribution < 1.29 is 33.6 Å². The van der Waals surface area contributed by atoms with Crippen molar-refractivity contribution >= 4 is 11.9 Å². The van der Waals surface area contributed by atoms with Gasteiger partial charge in [0, 0.05) is 11.1 Å². The van der Waals surface area contributed by atoms with Crippen LogP contribution < -0.4 is 0 Å². The minimum absolute atomic E-state index is 0.0194. The lowest BCUT2D eigenvalue weighted by molar-refractivity contribution is -0.141. The standard InChI is InChI=1S/C8H14O4.C7H10O3/c1-7(2)8(10)12-6-5-11-4-3-9;1-5(2)7(8)10-4-6-3-9-6/h9H,1,3-6H2,2H3;6H,1,3-4H2,2H3. The highest BCUT2D eigenvalue weighted by molar-refractivity contribution is 5.87. The highest BCUT2D eigenvalue weighted by atomic mass is 16.6. The van der Waals surface area contributed by atoms with Crippen LogP contribution in [-0.4, -0.2) is 62.8 Å². The zero-order chi connectivity index (χ0) is 17.0. The third kappa shape index (κ3) is 12.1. The number of aliphatic hydroxyl groups excluding tert-OH is 1. The number of aliphatic hydroxyl groups is 1. The van der Waals surface area contributed by atoms with Crippen LogP contribution in [0.15, 0.2) is 24.3 Å². The third-order valence-corrected chi connectivity index (χ3v) is 2.20. The topological polar surface area (TPSA) is 94.6 Å². The molecule has 1 heterocycles. The van der Waals surface area contributed by atoms with Crippen LogP contribution >= 0.6 is 0 Å². The fourth-order valence-electron chi connectivity index (χ4n) is 0.939. The molecule has 1 aliphatic heterocycles. The quantitative estimate of drug-likeness (QED) is 0.288. The average molecular weight is 316 g/mol. The molecule has 1 N–H and O–H groups in total. The molecular weight excluding hydrogens is 292 g/mol. The molecule has 7 nitrogen and oxygen atoms in total. The lowest BCUT2D eigenvalue weighted by atomic mass is 10.4. The number of hydrogen-bond donors (Lipinski definition) is 1. The second-order valence-electron chi connectivity index (χ2n) is 4.59. The normalized spacial score (nSPS) is 15.1. The van der Waals surface area contributed by atoms with E-state index in [1.807, 2.05) is 0 Å². The Morgan fingerprint density at radius 1 is 1.09 bits per heavy atom. The molecule has 126 valence electrons. The van der Waals surface area contributed by atoms with Gasteiger partial charge in [-0.25, -0.2) is 9.59 Å². The van der Waals surface area contributed by atoms with Crippen molar-refractivity contribution in [1.29, 1.82) is 0 Å². The maximum Gasteiger partial charge on any atom is 0.333 e. The van der Waals surface area contributed by atoms with Crippen LogP contribution in [0.5, 0.6) is 0 Å². The van der Waals surface area contributed by atoms with Crippen molar-refractivity contribution in [1.82, 2.24) is 0 Å². The van der Waals surface area contributed by atoms with Gasteiger partial charge in [-0.3, -0.25) is 0 Å². The molecular formula is C15H24O7.